The van der Waals surface area contributed by atoms with Crippen LogP contribution >= 0.6 is 11.8 Å². The molecule has 0 atom stereocenters. The van der Waals surface area contributed by atoms with E-state index in [2.05, 4.69) is 10.6 Å². The van der Waals surface area contributed by atoms with Gasteiger partial charge in [0.05, 0.1) is 17.4 Å². The van der Waals surface area contributed by atoms with Gasteiger partial charge in [-0.15, -0.1) is 11.8 Å². The zero-order valence-corrected chi connectivity index (χ0v) is 4.64. The Hall–Kier alpha value is -0.310. The fourth-order valence-corrected chi connectivity index (χ4v) is 1.52. The van der Waals surface area contributed by atoms with Crippen molar-refractivity contribution in [1.82, 2.24) is 10.6 Å². The quantitative estimate of drug-likeness (QED) is 0.465. The van der Waals surface area contributed by atoms with Gasteiger partial charge in [0.2, 0.25) is 0 Å². The Morgan fingerprint density at radius 1 is 1.43 bits per heavy atom. The molecule has 0 radical (unpaired) electrons. The van der Waals surface area contributed by atoms with Crippen molar-refractivity contribution in [2.24, 2.45) is 0 Å². The average Bonchev–Trinajstić information content (AvgIpc) is 1.85. The van der Waals surface area contributed by atoms with E-state index in [-0.39, 0.29) is 0 Å². The van der Waals surface area contributed by atoms with Crippen molar-refractivity contribution in [3.05, 3.63) is 10.7 Å². The second-order valence-corrected chi connectivity index (χ2v) is 2.61. The van der Waals surface area contributed by atoms with Crippen LogP contribution in [0.15, 0.2) is 10.7 Å². The summed E-state index contributed by atoms with van der Waals surface area (Å²) in [4.78, 5) is 0. The Balaban J connectivity index is 2.29. The lowest BCUT2D eigenvalue weighted by Crippen LogP contribution is -2.13. The molecular weight excluding hydrogens is 108 g/mol. The van der Waals surface area contributed by atoms with E-state index in [0.29, 0.717) is 0 Å². The molecule has 0 fully saturated rings. The Morgan fingerprint density at radius 3 is 2.71 bits per heavy atom. The highest BCUT2D eigenvalue weighted by Gasteiger charge is 2.21. The standard InChI is InChI=1S/C4H6N2S/c1-3-4(7-1)6-2-5-3/h5-6H,1-2H2. The maximum absolute atomic E-state index is 3.20. The second kappa shape index (κ2) is 1.10. The van der Waals surface area contributed by atoms with Crippen molar-refractivity contribution < 1.29 is 0 Å². The first-order valence-corrected chi connectivity index (χ1v) is 3.29. The molecule has 2 nitrogen and oxygen atoms in total. The first-order chi connectivity index (χ1) is 3.47. The van der Waals surface area contributed by atoms with Gasteiger partial charge >= 0.3 is 0 Å². The molecule has 0 saturated carbocycles. The fourth-order valence-electron chi connectivity index (χ4n) is 0.737. The Labute approximate surface area is 46.4 Å². The zero-order valence-electron chi connectivity index (χ0n) is 3.82. The normalized spacial score (nSPS) is 25.1. The number of rotatable bonds is 0. The molecule has 38 valence electrons. The number of thioether (sulfide) groups is 1. The highest BCUT2D eigenvalue weighted by atomic mass is 32.2. The van der Waals surface area contributed by atoms with Gasteiger partial charge in [-0.3, -0.25) is 0 Å². The summed E-state index contributed by atoms with van der Waals surface area (Å²) in [6, 6.07) is 0. The van der Waals surface area contributed by atoms with E-state index >= 15 is 0 Å². The Morgan fingerprint density at radius 2 is 2.43 bits per heavy atom. The first-order valence-electron chi connectivity index (χ1n) is 2.30. The van der Waals surface area contributed by atoms with Gasteiger partial charge in [-0.2, -0.15) is 0 Å². The molecule has 0 amide bonds. The van der Waals surface area contributed by atoms with Gasteiger partial charge in [-0.05, 0) is 0 Å². The molecule has 0 aromatic rings. The van der Waals surface area contributed by atoms with Gasteiger partial charge in [0, 0.05) is 5.75 Å². The average molecular weight is 114 g/mol. The molecule has 0 aromatic carbocycles. The number of hydrogen-bond donors (Lipinski definition) is 2. The summed E-state index contributed by atoms with van der Waals surface area (Å²) in [7, 11) is 0. The summed E-state index contributed by atoms with van der Waals surface area (Å²) in [6.07, 6.45) is 0. The highest BCUT2D eigenvalue weighted by molar-refractivity contribution is 8.04. The summed E-state index contributed by atoms with van der Waals surface area (Å²) >= 11 is 1.88. The van der Waals surface area contributed by atoms with Crippen LogP contribution < -0.4 is 10.6 Å². The molecule has 0 bridgehead atoms. The molecule has 2 N–H and O–H groups in total. The molecule has 2 heterocycles. The van der Waals surface area contributed by atoms with E-state index in [4.69, 9.17) is 0 Å². The van der Waals surface area contributed by atoms with Gasteiger partial charge < -0.3 is 10.6 Å². The van der Waals surface area contributed by atoms with Crippen molar-refractivity contribution in [3.8, 4) is 0 Å². The molecule has 0 aromatic heterocycles. The van der Waals surface area contributed by atoms with Gasteiger partial charge in [0.15, 0.2) is 0 Å². The van der Waals surface area contributed by atoms with Crippen LogP contribution in [0.25, 0.3) is 0 Å². The van der Waals surface area contributed by atoms with E-state index in [9.17, 15) is 0 Å². The third kappa shape index (κ3) is 0.359. The minimum Gasteiger partial charge on any atom is -0.368 e. The molecule has 0 saturated heterocycles. The topological polar surface area (TPSA) is 24.1 Å². The predicted octanol–water partition coefficient (Wildman–Crippen LogP) is 0.0526. The van der Waals surface area contributed by atoms with Crippen molar-refractivity contribution in [1.29, 1.82) is 0 Å². The summed E-state index contributed by atoms with van der Waals surface area (Å²) < 4.78 is 0. The third-order valence-corrected chi connectivity index (χ3v) is 2.30. The van der Waals surface area contributed by atoms with E-state index < -0.39 is 0 Å². The Kier molecular flexibility index (Phi) is 0.573. The van der Waals surface area contributed by atoms with Crippen LogP contribution in [0.4, 0.5) is 0 Å². The molecule has 2 aliphatic heterocycles. The second-order valence-electron chi connectivity index (χ2n) is 1.63. The molecule has 0 unspecified atom stereocenters. The SMILES string of the molecule is C1NC2=C(N1)SC2. The monoisotopic (exact) mass is 114 g/mol. The highest BCUT2D eigenvalue weighted by Crippen LogP contribution is 2.30. The lowest BCUT2D eigenvalue weighted by molar-refractivity contribution is 0.816. The van der Waals surface area contributed by atoms with Crippen LogP contribution in [0.2, 0.25) is 0 Å². The fraction of sp³-hybridized carbons (Fsp3) is 0.500. The van der Waals surface area contributed by atoms with Gasteiger partial charge in [-0.1, -0.05) is 0 Å². The Bertz CT molecular complexity index is 116. The van der Waals surface area contributed by atoms with Crippen molar-refractivity contribution in [2.45, 2.75) is 0 Å². The summed E-state index contributed by atoms with van der Waals surface area (Å²) in [6.45, 7) is 0.942. The lowest BCUT2D eigenvalue weighted by atomic mass is 10.5. The van der Waals surface area contributed by atoms with Crippen LogP contribution in [0.5, 0.6) is 0 Å². The minimum absolute atomic E-state index is 0.942. The van der Waals surface area contributed by atoms with Gasteiger partial charge in [0.1, 0.15) is 0 Å². The summed E-state index contributed by atoms with van der Waals surface area (Å²) in [5.74, 6) is 1.18. The van der Waals surface area contributed by atoms with E-state index in [1.807, 2.05) is 11.8 Å². The molecule has 0 spiro atoms. The summed E-state index contributed by atoms with van der Waals surface area (Å²) in [5.41, 5.74) is 1.41. The van der Waals surface area contributed by atoms with Gasteiger partial charge in [0.25, 0.3) is 0 Å². The molecule has 0 aliphatic carbocycles. The van der Waals surface area contributed by atoms with Gasteiger partial charge in [-0.25, -0.2) is 0 Å². The first kappa shape index (κ1) is 3.66. The van der Waals surface area contributed by atoms with Crippen LogP contribution in [0.1, 0.15) is 0 Å². The van der Waals surface area contributed by atoms with Crippen LogP contribution in [-0.4, -0.2) is 12.4 Å². The van der Waals surface area contributed by atoms with Crippen LogP contribution in [-0.2, 0) is 0 Å². The van der Waals surface area contributed by atoms with E-state index in [1.54, 1.807) is 0 Å². The number of hydrogen-bond acceptors (Lipinski definition) is 3. The molecular formula is C4H6N2S. The maximum Gasteiger partial charge on any atom is 0.0901 e. The molecule has 3 heteroatoms. The molecule has 2 aliphatic rings. The molecule has 2 rings (SSSR count). The maximum atomic E-state index is 3.20. The lowest BCUT2D eigenvalue weighted by Gasteiger charge is -2.12. The smallest absolute Gasteiger partial charge is 0.0901 e. The number of nitrogens with one attached hydrogen (secondary N) is 2. The van der Waals surface area contributed by atoms with Crippen LogP contribution in [0.3, 0.4) is 0 Å². The minimum atomic E-state index is 0.942. The third-order valence-electron chi connectivity index (χ3n) is 1.19. The largest absolute Gasteiger partial charge is 0.368 e. The van der Waals surface area contributed by atoms with E-state index in [1.165, 1.54) is 16.5 Å². The zero-order chi connectivity index (χ0) is 4.69. The van der Waals surface area contributed by atoms with Crippen molar-refractivity contribution in [3.63, 3.8) is 0 Å². The predicted molar refractivity (Wildman–Crippen MR) is 30.6 cm³/mol. The van der Waals surface area contributed by atoms with Crippen molar-refractivity contribution >= 4 is 11.8 Å². The van der Waals surface area contributed by atoms with Crippen molar-refractivity contribution in [2.75, 3.05) is 12.4 Å². The summed E-state index contributed by atoms with van der Waals surface area (Å²) in [5, 5.41) is 7.75. The van der Waals surface area contributed by atoms with E-state index in [0.717, 1.165) is 6.67 Å². The van der Waals surface area contributed by atoms with Crippen LogP contribution in [0, 0.1) is 0 Å². The molecule has 7 heavy (non-hydrogen) atoms.